The lowest BCUT2D eigenvalue weighted by Crippen LogP contribution is -2.28. The molecule has 0 fully saturated rings. The summed E-state index contributed by atoms with van der Waals surface area (Å²) in [4.78, 5) is 5.09. The quantitative estimate of drug-likeness (QED) is 0.139. The van der Waals surface area contributed by atoms with Crippen molar-refractivity contribution < 1.29 is 5.21 Å². The zero-order chi connectivity index (χ0) is 29.4. The lowest BCUT2D eigenvalue weighted by Gasteiger charge is -2.28. The first kappa shape index (κ1) is 26.0. The van der Waals surface area contributed by atoms with Gasteiger partial charge in [-0.05, 0) is 53.1 Å². The van der Waals surface area contributed by atoms with E-state index in [0.29, 0.717) is 39.0 Å². The fourth-order valence-electron chi connectivity index (χ4n) is 5.49. The van der Waals surface area contributed by atoms with Gasteiger partial charge in [0.2, 0.25) is 0 Å². The molecule has 6 rings (SSSR count). The highest BCUT2D eigenvalue weighted by atomic mass is 16.4. The third-order valence-electron chi connectivity index (χ3n) is 7.41. The first-order chi connectivity index (χ1) is 20.5. The van der Waals surface area contributed by atoms with Crippen molar-refractivity contribution in [2.45, 2.75) is 6.04 Å². The molecule has 1 unspecified atom stereocenters. The SMILES string of the molecule is N#Cc1ccc(-c2ccc3c4c(c(-c5ccccc5)nc3c2)C=C(c2c(C#N)cc(N)cc2C#N)/C(=N/O)C4N)cc1. The van der Waals surface area contributed by atoms with Gasteiger partial charge >= 0.3 is 0 Å². The van der Waals surface area contributed by atoms with Gasteiger partial charge in [-0.3, -0.25) is 0 Å². The number of oxime groups is 1. The Morgan fingerprint density at radius 1 is 0.786 bits per heavy atom. The Kier molecular flexibility index (Phi) is 6.41. The summed E-state index contributed by atoms with van der Waals surface area (Å²) in [5.41, 5.74) is 20.1. The largest absolute Gasteiger partial charge is 0.411 e. The molecule has 1 heterocycles. The second-order valence-electron chi connectivity index (χ2n) is 9.81. The van der Waals surface area contributed by atoms with Crippen LogP contribution in [0.4, 0.5) is 5.69 Å². The molecule has 1 aliphatic carbocycles. The van der Waals surface area contributed by atoms with E-state index in [0.717, 1.165) is 22.1 Å². The van der Waals surface area contributed by atoms with E-state index in [2.05, 4.69) is 23.4 Å². The lowest BCUT2D eigenvalue weighted by atomic mass is 9.78. The Bertz CT molecular complexity index is 2060. The fraction of sp³-hybridized carbons (Fsp3) is 0.0294. The van der Waals surface area contributed by atoms with Crippen molar-refractivity contribution in [3.63, 3.8) is 0 Å². The number of anilines is 1. The number of aromatic nitrogens is 1. The number of nitrogen functional groups attached to an aromatic ring is 1. The molecule has 8 nitrogen and oxygen atoms in total. The van der Waals surface area contributed by atoms with Crippen molar-refractivity contribution in [2.75, 3.05) is 5.73 Å². The highest BCUT2D eigenvalue weighted by molar-refractivity contribution is 6.33. The predicted octanol–water partition coefficient (Wildman–Crippen LogP) is 6.15. The van der Waals surface area contributed by atoms with E-state index < -0.39 is 6.04 Å². The maximum Gasteiger partial charge on any atom is 0.109 e. The van der Waals surface area contributed by atoms with E-state index >= 15 is 0 Å². The Labute approximate surface area is 241 Å². The second kappa shape index (κ2) is 10.4. The molecule has 0 saturated heterocycles. The van der Waals surface area contributed by atoms with E-state index in [4.69, 9.17) is 16.5 Å². The molecule has 0 aliphatic heterocycles. The number of hydrogen-bond acceptors (Lipinski definition) is 8. The summed E-state index contributed by atoms with van der Waals surface area (Å²) in [6.07, 6.45) is 1.78. The zero-order valence-electron chi connectivity index (χ0n) is 22.1. The smallest absolute Gasteiger partial charge is 0.109 e. The molecular weight excluding hydrogens is 522 g/mol. The number of nitriles is 3. The van der Waals surface area contributed by atoms with Crippen LogP contribution in [0, 0.1) is 34.0 Å². The van der Waals surface area contributed by atoms with Gasteiger partial charge in [-0.15, -0.1) is 0 Å². The van der Waals surface area contributed by atoms with Crippen LogP contribution in [0.3, 0.4) is 0 Å². The molecule has 0 saturated carbocycles. The molecule has 0 bridgehead atoms. The first-order valence-electron chi connectivity index (χ1n) is 12.9. The first-order valence-corrected chi connectivity index (χ1v) is 12.9. The highest BCUT2D eigenvalue weighted by Crippen LogP contribution is 2.43. The minimum atomic E-state index is -0.908. The minimum absolute atomic E-state index is 0.114. The Balaban J connectivity index is 1.68. The Hall–Kier alpha value is -6.27. The van der Waals surface area contributed by atoms with Crippen molar-refractivity contribution >= 4 is 34.0 Å². The molecule has 4 aromatic carbocycles. The van der Waals surface area contributed by atoms with E-state index in [9.17, 15) is 21.0 Å². The Morgan fingerprint density at radius 2 is 1.45 bits per heavy atom. The predicted molar refractivity (Wildman–Crippen MR) is 162 cm³/mol. The van der Waals surface area contributed by atoms with Gasteiger partial charge in [0.05, 0.1) is 52.2 Å². The summed E-state index contributed by atoms with van der Waals surface area (Å²) in [7, 11) is 0. The standard InChI is InChI=1S/C34H21N7O/c35-16-19-6-8-20(9-7-19)22-10-11-26-29(14-22)40-33(21-4-2-1-3-5-21)28-15-27(34(41-42)32(39)31(26)28)30-23(17-36)12-25(38)13-24(30)18-37/h1-15,32,42H,38-39H2/b41-34-. The number of nitrogens with zero attached hydrogens (tertiary/aromatic N) is 5. The third kappa shape index (κ3) is 4.20. The molecule has 1 atom stereocenters. The van der Waals surface area contributed by atoms with Crippen molar-refractivity contribution in [1.29, 1.82) is 15.8 Å². The summed E-state index contributed by atoms with van der Waals surface area (Å²) in [6.45, 7) is 0. The number of pyridine rings is 1. The van der Waals surface area contributed by atoms with Gasteiger partial charge in [-0.1, -0.05) is 59.8 Å². The molecule has 5 N–H and O–H groups in total. The summed E-state index contributed by atoms with van der Waals surface area (Å²) >= 11 is 0. The summed E-state index contributed by atoms with van der Waals surface area (Å²) < 4.78 is 0. The molecule has 198 valence electrons. The number of nitrogens with two attached hydrogens (primary N) is 2. The minimum Gasteiger partial charge on any atom is -0.411 e. The van der Waals surface area contributed by atoms with Crippen LogP contribution in [0.15, 0.2) is 90.1 Å². The van der Waals surface area contributed by atoms with Crippen LogP contribution in [0.2, 0.25) is 0 Å². The van der Waals surface area contributed by atoms with Gasteiger partial charge in [-0.2, -0.15) is 15.8 Å². The molecule has 8 heteroatoms. The lowest BCUT2D eigenvalue weighted by molar-refractivity contribution is 0.317. The van der Waals surface area contributed by atoms with E-state index in [1.807, 2.05) is 60.7 Å². The van der Waals surface area contributed by atoms with Crippen LogP contribution in [0.5, 0.6) is 0 Å². The number of rotatable bonds is 3. The third-order valence-corrected chi connectivity index (χ3v) is 7.41. The molecule has 0 radical (unpaired) electrons. The molecule has 5 aromatic rings. The zero-order valence-corrected chi connectivity index (χ0v) is 22.1. The van der Waals surface area contributed by atoms with Gasteiger partial charge in [0.15, 0.2) is 0 Å². The van der Waals surface area contributed by atoms with E-state index in [1.54, 1.807) is 18.2 Å². The average molecular weight is 544 g/mol. The molecule has 42 heavy (non-hydrogen) atoms. The van der Waals surface area contributed by atoms with Gasteiger partial charge in [0.1, 0.15) is 5.71 Å². The van der Waals surface area contributed by atoms with Gasteiger partial charge in [0, 0.05) is 33.3 Å². The number of fused-ring (bicyclic) bond motifs is 3. The van der Waals surface area contributed by atoms with Crippen molar-refractivity contribution in [2.24, 2.45) is 10.9 Å². The van der Waals surface area contributed by atoms with Crippen LogP contribution in [0.25, 0.3) is 44.9 Å². The topological polar surface area (TPSA) is 169 Å². The van der Waals surface area contributed by atoms with Gasteiger partial charge < -0.3 is 16.7 Å². The summed E-state index contributed by atoms with van der Waals surface area (Å²) in [5, 5.41) is 43.6. The van der Waals surface area contributed by atoms with Crippen LogP contribution < -0.4 is 11.5 Å². The van der Waals surface area contributed by atoms with Crippen LogP contribution in [-0.2, 0) is 0 Å². The van der Waals surface area contributed by atoms with Crippen molar-refractivity contribution in [3.05, 3.63) is 118 Å². The van der Waals surface area contributed by atoms with E-state index in [-0.39, 0.29) is 22.5 Å². The fourth-order valence-corrected chi connectivity index (χ4v) is 5.49. The molecule has 1 aromatic heterocycles. The number of hydrogen-bond donors (Lipinski definition) is 3. The number of benzene rings is 4. The van der Waals surface area contributed by atoms with Crippen molar-refractivity contribution in [3.8, 4) is 40.6 Å². The monoisotopic (exact) mass is 543 g/mol. The summed E-state index contributed by atoms with van der Waals surface area (Å²) in [5.74, 6) is 0. The second-order valence-corrected chi connectivity index (χ2v) is 9.81. The Morgan fingerprint density at radius 3 is 2.07 bits per heavy atom. The van der Waals surface area contributed by atoms with Crippen LogP contribution in [-0.4, -0.2) is 15.9 Å². The summed E-state index contributed by atoms with van der Waals surface area (Å²) in [6, 6.07) is 31.2. The highest BCUT2D eigenvalue weighted by Gasteiger charge is 2.33. The molecule has 0 spiro atoms. The molecular formula is C34H21N7O. The van der Waals surface area contributed by atoms with Gasteiger partial charge in [0.25, 0.3) is 0 Å². The maximum atomic E-state index is 10.2. The van der Waals surface area contributed by atoms with Crippen molar-refractivity contribution in [1.82, 2.24) is 4.98 Å². The van der Waals surface area contributed by atoms with Crippen LogP contribution >= 0.6 is 0 Å². The van der Waals surface area contributed by atoms with E-state index in [1.165, 1.54) is 12.1 Å². The molecule has 1 aliphatic rings. The average Bonchev–Trinajstić information content (AvgIpc) is 3.03. The van der Waals surface area contributed by atoms with Crippen LogP contribution in [0.1, 0.15) is 39.4 Å². The maximum absolute atomic E-state index is 10.2. The van der Waals surface area contributed by atoms with Gasteiger partial charge in [-0.25, -0.2) is 4.98 Å². The normalized spacial score (nSPS) is 14.9. The molecule has 0 amide bonds.